The maximum absolute atomic E-state index is 12.3. The molecule has 0 saturated carbocycles. The van der Waals surface area contributed by atoms with E-state index in [0.29, 0.717) is 6.42 Å². The van der Waals surface area contributed by atoms with Crippen LogP contribution in [0.25, 0.3) is 10.2 Å². The van der Waals surface area contributed by atoms with E-state index in [0.717, 1.165) is 47.7 Å². The van der Waals surface area contributed by atoms with Gasteiger partial charge in [-0.15, -0.1) is 36.2 Å². The summed E-state index contributed by atoms with van der Waals surface area (Å²) in [5.74, 6) is 0.0602. The van der Waals surface area contributed by atoms with Crippen molar-refractivity contribution in [2.24, 2.45) is 0 Å². The SMILES string of the molecule is CCNCc1ccccc1NC(=O)CCCc1nc2ccccc2s1.Cl.Cl. The third-order valence-electron chi connectivity index (χ3n) is 3.99. The van der Waals surface area contributed by atoms with Crippen LogP contribution in [0.5, 0.6) is 0 Å². The Kier molecular flexibility index (Phi) is 10.3. The minimum absolute atomic E-state index is 0. The largest absolute Gasteiger partial charge is 0.326 e. The Hall–Kier alpha value is -1.66. The number of hydrogen-bond acceptors (Lipinski definition) is 4. The van der Waals surface area contributed by atoms with E-state index in [2.05, 4.69) is 28.6 Å². The molecule has 0 aliphatic heterocycles. The molecule has 1 heterocycles. The second-order valence-electron chi connectivity index (χ2n) is 5.91. The summed E-state index contributed by atoms with van der Waals surface area (Å²) in [6, 6.07) is 16.1. The first-order valence-corrected chi connectivity index (χ1v) is 9.51. The fourth-order valence-corrected chi connectivity index (χ4v) is 3.70. The van der Waals surface area contributed by atoms with Crippen molar-refractivity contribution in [3.63, 3.8) is 0 Å². The molecule has 0 bridgehead atoms. The van der Waals surface area contributed by atoms with Gasteiger partial charge in [-0.05, 0) is 43.1 Å². The number of aromatic nitrogens is 1. The monoisotopic (exact) mass is 425 g/mol. The van der Waals surface area contributed by atoms with Crippen LogP contribution >= 0.6 is 36.2 Å². The molecule has 0 radical (unpaired) electrons. The number of rotatable bonds is 8. The number of carbonyl (C=O) groups excluding carboxylic acids is 1. The molecule has 0 fully saturated rings. The fraction of sp³-hybridized carbons (Fsp3) is 0.300. The Labute approximate surface area is 176 Å². The Morgan fingerprint density at radius 2 is 1.81 bits per heavy atom. The summed E-state index contributed by atoms with van der Waals surface area (Å²) < 4.78 is 1.21. The Morgan fingerprint density at radius 1 is 1.07 bits per heavy atom. The van der Waals surface area contributed by atoms with Crippen molar-refractivity contribution in [2.75, 3.05) is 11.9 Å². The van der Waals surface area contributed by atoms with Gasteiger partial charge in [-0.2, -0.15) is 0 Å². The van der Waals surface area contributed by atoms with E-state index in [1.54, 1.807) is 11.3 Å². The van der Waals surface area contributed by atoms with E-state index >= 15 is 0 Å². The summed E-state index contributed by atoms with van der Waals surface area (Å²) in [4.78, 5) is 16.9. The van der Waals surface area contributed by atoms with Crippen molar-refractivity contribution >= 4 is 58.0 Å². The molecule has 4 nitrogen and oxygen atoms in total. The number of carbonyl (C=O) groups is 1. The van der Waals surface area contributed by atoms with Gasteiger partial charge in [-0.3, -0.25) is 4.79 Å². The van der Waals surface area contributed by atoms with Crippen LogP contribution in [0.4, 0.5) is 5.69 Å². The average molecular weight is 426 g/mol. The van der Waals surface area contributed by atoms with Crippen molar-refractivity contribution in [3.05, 3.63) is 59.1 Å². The summed E-state index contributed by atoms with van der Waals surface area (Å²) >= 11 is 1.71. The molecular formula is C20H25Cl2N3OS. The van der Waals surface area contributed by atoms with Crippen LogP contribution in [0.3, 0.4) is 0 Å². The number of aryl methyl sites for hydroxylation is 1. The number of benzene rings is 2. The normalized spacial score (nSPS) is 10.1. The second-order valence-corrected chi connectivity index (χ2v) is 7.03. The number of amides is 1. The highest BCUT2D eigenvalue weighted by Gasteiger charge is 2.08. The van der Waals surface area contributed by atoms with Gasteiger partial charge in [-0.25, -0.2) is 4.98 Å². The minimum atomic E-state index is 0. The first-order chi connectivity index (χ1) is 12.3. The summed E-state index contributed by atoms with van der Waals surface area (Å²) in [5, 5.41) is 7.43. The molecule has 146 valence electrons. The quantitative estimate of drug-likeness (QED) is 0.520. The molecule has 0 unspecified atom stereocenters. The molecule has 1 amide bonds. The lowest BCUT2D eigenvalue weighted by molar-refractivity contribution is -0.116. The fourth-order valence-electron chi connectivity index (χ4n) is 2.70. The van der Waals surface area contributed by atoms with Crippen LogP contribution in [-0.2, 0) is 17.8 Å². The highest BCUT2D eigenvalue weighted by atomic mass is 35.5. The van der Waals surface area contributed by atoms with Crippen LogP contribution in [0, 0.1) is 0 Å². The van der Waals surface area contributed by atoms with Gasteiger partial charge >= 0.3 is 0 Å². The molecule has 0 spiro atoms. The van der Waals surface area contributed by atoms with Gasteiger partial charge in [-0.1, -0.05) is 37.3 Å². The zero-order valence-corrected chi connectivity index (χ0v) is 17.7. The first kappa shape index (κ1) is 23.4. The lowest BCUT2D eigenvalue weighted by Crippen LogP contribution is -2.16. The van der Waals surface area contributed by atoms with Crippen LogP contribution in [0.15, 0.2) is 48.5 Å². The molecule has 0 aliphatic rings. The molecule has 1 aromatic heterocycles. The summed E-state index contributed by atoms with van der Waals surface area (Å²) in [7, 11) is 0. The molecule has 0 atom stereocenters. The minimum Gasteiger partial charge on any atom is -0.326 e. The third-order valence-corrected chi connectivity index (χ3v) is 5.09. The lowest BCUT2D eigenvalue weighted by atomic mass is 10.1. The number of halogens is 2. The summed E-state index contributed by atoms with van der Waals surface area (Å²) in [5.41, 5.74) is 3.06. The molecular weight excluding hydrogens is 401 g/mol. The highest BCUT2D eigenvalue weighted by Crippen LogP contribution is 2.23. The molecule has 3 aromatic rings. The van der Waals surface area contributed by atoms with Gasteiger partial charge in [0.1, 0.15) is 0 Å². The number of fused-ring (bicyclic) bond motifs is 1. The number of anilines is 1. The van der Waals surface area contributed by atoms with E-state index < -0.39 is 0 Å². The van der Waals surface area contributed by atoms with Crippen LogP contribution in [0.2, 0.25) is 0 Å². The average Bonchev–Trinajstić information content (AvgIpc) is 3.03. The van der Waals surface area contributed by atoms with E-state index in [1.165, 1.54) is 4.70 Å². The van der Waals surface area contributed by atoms with Gasteiger partial charge in [0, 0.05) is 18.7 Å². The number of para-hydroxylation sites is 2. The van der Waals surface area contributed by atoms with Crippen molar-refractivity contribution < 1.29 is 4.79 Å². The van der Waals surface area contributed by atoms with Crippen LogP contribution < -0.4 is 10.6 Å². The van der Waals surface area contributed by atoms with Gasteiger partial charge < -0.3 is 10.6 Å². The molecule has 0 aliphatic carbocycles. The highest BCUT2D eigenvalue weighted by molar-refractivity contribution is 7.18. The van der Waals surface area contributed by atoms with Crippen LogP contribution in [0.1, 0.15) is 30.3 Å². The maximum atomic E-state index is 12.3. The van der Waals surface area contributed by atoms with E-state index in [-0.39, 0.29) is 30.7 Å². The van der Waals surface area contributed by atoms with E-state index in [4.69, 9.17) is 0 Å². The smallest absolute Gasteiger partial charge is 0.224 e. The van der Waals surface area contributed by atoms with E-state index in [1.807, 2.05) is 42.5 Å². The Morgan fingerprint density at radius 3 is 2.59 bits per heavy atom. The third kappa shape index (κ3) is 6.78. The number of nitrogens with one attached hydrogen (secondary N) is 2. The second kappa shape index (κ2) is 11.9. The Bertz CT molecular complexity index is 821. The molecule has 0 saturated heterocycles. The van der Waals surface area contributed by atoms with E-state index in [9.17, 15) is 4.79 Å². The number of nitrogens with zero attached hydrogens (tertiary/aromatic N) is 1. The lowest BCUT2D eigenvalue weighted by Gasteiger charge is -2.11. The molecule has 27 heavy (non-hydrogen) atoms. The molecule has 3 rings (SSSR count). The van der Waals surface area contributed by atoms with Crippen molar-refractivity contribution in [3.8, 4) is 0 Å². The standard InChI is InChI=1S/C20H23N3OS.2ClH/c1-2-21-14-15-8-3-4-9-16(15)22-19(24)12-7-13-20-23-17-10-5-6-11-18(17)25-20;;/h3-6,8-11,21H,2,7,12-14H2,1H3,(H,22,24);2*1H. The zero-order chi connectivity index (χ0) is 17.5. The predicted molar refractivity (Wildman–Crippen MR) is 120 cm³/mol. The summed E-state index contributed by atoms with van der Waals surface area (Å²) in [6.45, 7) is 3.74. The van der Waals surface area contributed by atoms with Crippen molar-refractivity contribution in [1.82, 2.24) is 10.3 Å². The zero-order valence-electron chi connectivity index (χ0n) is 15.2. The van der Waals surface area contributed by atoms with Crippen molar-refractivity contribution in [1.29, 1.82) is 0 Å². The van der Waals surface area contributed by atoms with Crippen molar-refractivity contribution in [2.45, 2.75) is 32.7 Å². The Balaban J connectivity index is 0.00000182. The van der Waals surface area contributed by atoms with Gasteiger partial charge in [0.05, 0.1) is 15.2 Å². The molecule has 2 aromatic carbocycles. The maximum Gasteiger partial charge on any atom is 0.224 e. The first-order valence-electron chi connectivity index (χ1n) is 8.69. The molecule has 2 N–H and O–H groups in total. The molecule has 7 heteroatoms. The topological polar surface area (TPSA) is 54.0 Å². The predicted octanol–water partition coefficient (Wildman–Crippen LogP) is 5.21. The van der Waals surface area contributed by atoms with Gasteiger partial charge in [0.15, 0.2) is 0 Å². The van der Waals surface area contributed by atoms with Gasteiger partial charge in [0.2, 0.25) is 5.91 Å². The number of hydrogen-bond donors (Lipinski definition) is 2. The van der Waals surface area contributed by atoms with Crippen LogP contribution in [-0.4, -0.2) is 17.4 Å². The summed E-state index contributed by atoms with van der Waals surface area (Å²) in [6.07, 6.45) is 2.15. The van der Waals surface area contributed by atoms with Gasteiger partial charge in [0.25, 0.3) is 0 Å². The number of thiazole rings is 1.